The highest BCUT2D eigenvalue weighted by molar-refractivity contribution is 7.00. The Morgan fingerprint density at radius 1 is 0.403 bits per heavy atom. The number of nitrogens with zero attached hydrogens (tertiary/aromatic N) is 2. The smallest absolute Gasteiger partial charge is 0.252 e. The number of para-hydroxylation sites is 2. The fourth-order valence-corrected chi connectivity index (χ4v) is 9.81. The zero-order chi connectivity index (χ0) is 43.7. The SMILES string of the molecule is CC(C)(C)c1ccc(N2c3cc(C(C)(C)C)ccc3B3c4ccc(C(C)(C)C)cc4N(c4cccc(-c5cccc6c5oc5ccccc56)c4)c4cc(C(C)(C)C)cc2c43)cc1. The van der Waals surface area contributed by atoms with Crippen LogP contribution in [0.1, 0.15) is 105 Å². The summed E-state index contributed by atoms with van der Waals surface area (Å²) >= 11 is 0. The van der Waals surface area contributed by atoms with Gasteiger partial charge in [0, 0.05) is 50.5 Å². The highest BCUT2D eigenvalue weighted by atomic mass is 16.3. The van der Waals surface area contributed by atoms with Crippen molar-refractivity contribution < 1.29 is 4.42 Å². The van der Waals surface area contributed by atoms with E-state index in [9.17, 15) is 0 Å². The van der Waals surface area contributed by atoms with Gasteiger partial charge in [-0.05, 0) is 120 Å². The van der Waals surface area contributed by atoms with Crippen LogP contribution in [0.2, 0.25) is 0 Å². The molecule has 4 heteroatoms. The second-order valence-electron chi connectivity index (χ2n) is 22.0. The quantitative estimate of drug-likeness (QED) is 0.166. The Balaban J connectivity index is 1.28. The molecule has 0 spiro atoms. The number of hydrogen-bond donors (Lipinski definition) is 0. The summed E-state index contributed by atoms with van der Waals surface area (Å²) in [5.74, 6) is 0. The molecule has 10 rings (SSSR count). The number of fused-ring (bicyclic) bond motifs is 7. The molecule has 8 aromatic rings. The summed E-state index contributed by atoms with van der Waals surface area (Å²) in [7, 11) is 0. The first-order valence-electron chi connectivity index (χ1n) is 22.5. The number of anilines is 6. The number of benzene rings is 7. The topological polar surface area (TPSA) is 19.6 Å². The van der Waals surface area contributed by atoms with Gasteiger partial charge in [-0.3, -0.25) is 0 Å². The molecule has 2 aliphatic heterocycles. The van der Waals surface area contributed by atoms with Crippen LogP contribution < -0.4 is 26.2 Å². The highest BCUT2D eigenvalue weighted by Crippen LogP contribution is 2.48. The summed E-state index contributed by atoms with van der Waals surface area (Å²) in [6.45, 7) is 27.9. The van der Waals surface area contributed by atoms with E-state index in [1.54, 1.807) is 0 Å². The van der Waals surface area contributed by atoms with Gasteiger partial charge in [0.05, 0.1) is 0 Å². The van der Waals surface area contributed by atoms with E-state index in [-0.39, 0.29) is 28.4 Å². The molecular weight excluding hydrogens is 751 g/mol. The molecular formula is C58H59BN2O. The van der Waals surface area contributed by atoms with E-state index < -0.39 is 0 Å². The van der Waals surface area contributed by atoms with Crippen LogP contribution in [-0.4, -0.2) is 6.71 Å². The van der Waals surface area contributed by atoms with Gasteiger partial charge in [0.15, 0.2) is 0 Å². The van der Waals surface area contributed by atoms with E-state index in [0.29, 0.717) is 0 Å². The van der Waals surface area contributed by atoms with Crippen molar-refractivity contribution in [1.29, 1.82) is 0 Å². The maximum absolute atomic E-state index is 6.62. The minimum atomic E-state index is -0.117. The third kappa shape index (κ3) is 6.48. The monoisotopic (exact) mass is 810 g/mol. The summed E-state index contributed by atoms with van der Waals surface area (Å²) < 4.78 is 6.62. The molecule has 62 heavy (non-hydrogen) atoms. The zero-order valence-electron chi connectivity index (χ0n) is 38.7. The van der Waals surface area contributed by atoms with E-state index in [1.165, 1.54) is 67.1 Å². The van der Waals surface area contributed by atoms with Crippen LogP contribution in [0.15, 0.2) is 144 Å². The van der Waals surface area contributed by atoms with E-state index in [4.69, 9.17) is 4.42 Å². The Bertz CT molecular complexity index is 3070. The van der Waals surface area contributed by atoms with Gasteiger partial charge in [-0.25, -0.2) is 0 Å². The highest BCUT2D eigenvalue weighted by Gasteiger charge is 2.45. The van der Waals surface area contributed by atoms with Gasteiger partial charge in [-0.15, -0.1) is 0 Å². The molecule has 7 aromatic carbocycles. The Hall–Kier alpha value is -6.00. The first kappa shape index (κ1) is 40.1. The fourth-order valence-electron chi connectivity index (χ4n) is 9.81. The first-order chi connectivity index (χ1) is 29.3. The first-order valence-corrected chi connectivity index (χ1v) is 22.5. The van der Waals surface area contributed by atoms with Crippen LogP contribution in [0, 0.1) is 0 Å². The van der Waals surface area contributed by atoms with Crippen molar-refractivity contribution in [2.24, 2.45) is 0 Å². The molecule has 0 saturated carbocycles. The lowest BCUT2D eigenvalue weighted by atomic mass is 9.33. The minimum absolute atomic E-state index is 0.0178. The molecule has 3 nitrogen and oxygen atoms in total. The van der Waals surface area contributed by atoms with E-state index >= 15 is 0 Å². The van der Waals surface area contributed by atoms with Crippen molar-refractivity contribution in [1.82, 2.24) is 0 Å². The molecule has 0 atom stereocenters. The summed E-state index contributed by atoms with van der Waals surface area (Å²) in [6.07, 6.45) is 0. The van der Waals surface area contributed by atoms with Crippen molar-refractivity contribution in [3.63, 3.8) is 0 Å². The fraction of sp³-hybridized carbons (Fsp3) is 0.276. The van der Waals surface area contributed by atoms with Crippen LogP contribution in [0.25, 0.3) is 33.1 Å². The largest absolute Gasteiger partial charge is 0.455 e. The van der Waals surface area contributed by atoms with Crippen molar-refractivity contribution in [2.75, 3.05) is 9.80 Å². The average Bonchev–Trinajstić information content (AvgIpc) is 3.61. The maximum atomic E-state index is 6.62. The Kier molecular flexibility index (Phi) is 8.89. The van der Waals surface area contributed by atoms with E-state index in [1.807, 2.05) is 6.07 Å². The van der Waals surface area contributed by atoms with Crippen LogP contribution in [0.5, 0.6) is 0 Å². The molecule has 0 fully saturated rings. The second kappa shape index (κ2) is 13.8. The molecule has 3 heterocycles. The van der Waals surface area contributed by atoms with Crippen molar-refractivity contribution >= 4 is 79.2 Å². The summed E-state index contributed by atoms with van der Waals surface area (Å²) in [6, 6.07) is 53.0. The van der Waals surface area contributed by atoms with Crippen LogP contribution in [0.4, 0.5) is 34.1 Å². The number of rotatable bonds is 3. The van der Waals surface area contributed by atoms with Crippen LogP contribution >= 0.6 is 0 Å². The molecule has 0 bridgehead atoms. The predicted octanol–water partition coefficient (Wildman–Crippen LogP) is 14.5. The Morgan fingerprint density at radius 3 is 1.48 bits per heavy atom. The normalized spacial score (nSPS) is 14.0. The molecule has 0 radical (unpaired) electrons. The Morgan fingerprint density at radius 2 is 0.903 bits per heavy atom. The van der Waals surface area contributed by atoms with Crippen molar-refractivity contribution in [3.8, 4) is 11.1 Å². The third-order valence-electron chi connectivity index (χ3n) is 13.5. The maximum Gasteiger partial charge on any atom is 0.252 e. The van der Waals surface area contributed by atoms with Gasteiger partial charge < -0.3 is 14.2 Å². The van der Waals surface area contributed by atoms with Gasteiger partial charge in [0.25, 0.3) is 6.71 Å². The number of furan rings is 1. The lowest BCUT2D eigenvalue weighted by molar-refractivity contribution is 0.589. The summed E-state index contributed by atoms with van der Waals surface area (Å²) in [5.41, 5.74) is 20.5. The molecule has 0 N–H and O–H groups in total. The van der Waals surface area contributed by atoms with Crippen LogP contribution in [-0.2, 0) is 21.7 Å². The second-order valence-corrected chi connectivity index (χ2v) is 22.0. The standard InChI is InChI=1S/C58H59BN2O/c1-55(2,3)37-23-27-41(28-24-37)60-48-32-38(56(4,5)6)25-29-46(48)59-47-30-26-39(57(7,8)9)33-49(47)61(51-35-40(58(10,11)12)34-50(60)53(51)59)42-18-15-17-36(31-42)43-20-16-21-45-44-19-13-14-22-52(44)62-54(43)45/h13-35H,1-12H3. The molecule has 0 aliphatic carbocycles. The third-order valence-corrected chi connectivity index (χ3v) is 13.5. The lowest BCUT2D eigenvalue weighted by Gasteiger charge is -2.45. The summed E-state index contributed by atoms with van der Waals surface area (Å²) in [5, 5.41) is 2.28. The number of hydrogen-bond acceptors (Lipinski definition) is 3. The van der Waals surface area contributed by atoms with Gasteiger partial charge >= 0.3 is 0 Å². The minimum Gasteiger partial charge on any atom is -0.455 e. The molecule has 1 aromatic heterocycles. The van der Waals surface area contributed by atoms with Gasteiger partial charge in [-0.1, -0.05) is 168 Å². The summed E-state index contributed by atoms with van der Waals surface area (Å²) in [4.78, 5) is 5.15. The van der Waals surface area contributed by atoms with E-state index in [2.05, 4.69) is 226 Å². The predicted molar refractivity (Wildman–Crippen MR) is 268 cm³/mol. The van der Waals surface area contributed by atoms with Gasteiger partial charge in [0.1, 0.15) is 11.2 Å². The lowest BCUT2D eigenvalue weighted by Crippen LogP contribution is -2.61. The van der Waals surface area contributed by atoms with E-state index in [0.717, 1.165) is 38.8 Å². The zero-order valence-corrected chi connectivity index (χ0v) is 38.7. The average molecular weight is 811 g/mol. The van der Waals surface area contributed by atoms with Crippen LogP contribution in [0.3, 0.4) is 0 Å². The molecule has 0 unspecified atom stereocenters. The molecule has 0 amide bonds. The van der Waals surface area contributed by atoms with Gasteiger partial charge in [-0.2, -0.15) is 0 Å². The molecule has 310 valence electrons. The van der Waals surface area contributed by atoms with Crippen molar-refractivity contribution in [2.45, 2.75) is 105 Å². The Labute approximate surface area is 369 Å². The molecule has 0 saturated heterocycles. The molecule has 2 aliphatic rings. The van der Waals surface area contributed by atoms with Crippen molar-refractivity contribution in [3.05, 3.63) is 162 Å². The van der Waals surface area contributed by atoms with Gasteiger partial charge in [0.2, 0.25) is 0 Å².